The predicted molar refractivity (Wildman–Crippen MR) is 68.1 cm³/mol. The molecule has 0 aromatic carbocycles. The maximum Gasteiger partial charge on any atom is 0.0897 e. The number of aryl methyl sites for hydroxylation is 3. The van der Waals surface area contributed by atoms with E-state index >= 15 is 0 Å². The minimum atomic E-state index is 0.625. The van der Waals surface area contributed by atoms with Gasteiger partial charge in [0.15, 0.2) is 0 Å². The largest absolute Gasteiger partial charge is 0.247 e. The molecule has 0 aliphatic rings. The van der Waals surface area contributed by atoms with Crippen LogP contribution in [-0.4, -0.2) is 4.98 Å². The Morgan fingerprint density at radius 1 is 1.27 bits per heavy atom. The van der Waals surface area contributed by atoms with Crippen LogP contribution in [-0.2, 0) is 18.7 Å². The Hall–Kier alpha value is -0.380. The monoisotopic (exact) mass is 257 g/mol. The smallest absolute Gasteiger partial charge is 0.0897 e. The van der Waals surface area contributed by atoms with Gasteiger partial charge >= 0.3 is 0 Å². The number of hydrogen-bond donors (Lipinski definition) is 0. The molecule has 0 N–H and O–H groups in total. The van der Waals surface area contributed by atoms with E-state index in [0.717, 1.165) is 17.8 Å². The SMILES string of the molecule is Cc1nc(CCc2ccc(CCl)s2)cs1. The van der Waals surface area contributed by atoms with Crippen LogP contribution in [0.15, 0.2) is 17.5 Å². The highest BCUT2D eigenvalue weighted by atomic mass is 35.5. The van der Waals surface area contributed by atoms with Gasteiger partial charge in [0.2, 0.25) is 0 Å². The van der Waals surface area contributed by atoms with Gasteiger partial charge in [-0.3, -0.25) is 0 Å². The van der Waals surface area contributed by atoms with Gasteiger partial charge in [-0.05, 0) is 31.9 Å². The normalized spacial score (nSPS) is 10.8. The molecule has 80 valence electrons. The van der Waals surface area contributed by atoms with Gasteiger partial charge in [0, 0.05) is 15.1 Å². The van der Waals surface area contributed by atoms with Crippen LogP contribution in [0.3, 0.4) is 0 Å². The Labute approximate surface area is 103 Å². The molecule has 4 heteroatoms. The third kappa shape index (κ3) is 3.03. The second-order valence-corrected chi connectivity index (χ2v) is 5.94. The van der Waals surface area contributed by atoms with E-state index < -0.39 is 0 Å². The van der Waals surface area contributed by atoms with Crippen molar-refractivity contribution in [3.05, 3.63) is 38.0 Å². The van der Waals surface area contributed by atoms with Gasteiger partial charge < -0.3 is 0 Å². The zero-order valence-corrected chi connectivity index (χ0v) is 10.9. The topological polar surface area (TPSA) is 12.9 Å². The number of thiophene rings is 1. The van der Waals surface area contributed by atoms with Gasteiger partial charge in [0.1, 0.15) is 0 Å². The summed E-state index contributed by atoms with van der Waals surface area (Å²) in [4.78, 5) is 7.10. The maximum atomic E-state index is 5.76. The molecular weight excluding hydrogens is 246 g/mol. The average Bonchev–Trinajstić information content (AvgIpc) is 2.83. The number of rotatable bonds is 4. The van der Waals surface area contributed by atoms with Crippen LogP contribution in [0.1, 0.15) is 20.5 Å². The van der Waals surface area contributed by atoms with E-state index in [1.54, 1.807) is 22.7 Å². The predicted octanol–water partition coefficient (Wildman–Crippen LogP) is 4.04. The van der Waals surface area contributed by atoms with Crippen LogP contribution in [0.5, 0.6) is 0 Å². The summed E-state index contributed by atoms with van der Waals surface area (Å²) < 4.78 is 0. The molecule has 0 bridgehead atoms. The second-order valence-electron chi connectivity index (χ2n) is 3.36. The molecule has 0 saturated heterocycles. The second kappa shape index (κ2) is 5.10. The first-order valence-electron chi connectivity index (χ1n) is 4.82. The Bertz CT molecular complexity index is 433. The molecule has 0 aliphatic heterocycles. The Balaban J connectivity index is 1.93. The van der Waals surface area contributed by atoms with E-state index in [1.807, 2.05) is 6.92 Å². The van der Waals surface area contributed by atoms with E-state index in [9.17, 15) is 0 Å². The first kappa shape index (κ1) is 11.1. The standard InChI is InChI=1S/C11H12ClNS2/c1-8-13-9(7-14-8)2-3-10-4-5-11(6-12)15-10/h4-5,7H,2-3,6H2,1H3. The molecule has 0 spiro atoms. The number of nitrogens with zero attached hydrogens (tertiary/aromatic N) is 1. The summed E-state index contributed by atoms with van der Waals surface area (Å²) in [5, 5.41) is 3.29. The Morgan fingerprint density at radius 2 is 2.07 bits per heavy atom. The van der Waals surface area contributed by atoms with Crippen molar-refractivity contribution in [2.75, 3.05) is 0 Å². The van der Waals surface area contributed by atoms with E-state index in [0.29, 0.717) is 5.88 Å². The molecule has 0 saturated carbocycles. The van der Waals surface area contributed by atoms with E-state index in [-0.39, 0.29) is 0 Å². The lowest BCUT2D eigenvalue weighted by Gasteiger charge is -1.93. The number of halogens is 1. The number of thiazole rings is 1. The third-order valence-corrected chi connectivity index (χ3v) is 4.56. The van der Waals surface area contributed by atoms with E-state index in [4.69, 9.17) is 11.6 Å². The molecule has 2 heterocycles. The first-order valence-corrected chi connectivity index (χ1v) is 7.05. The molecular formula is C11H12ClNS2. The number of alkyl halides is 1. The van der Waals surface area contributed by atoms with Gasteiger partial charge in [0.05, 0.1) is 16.6 Å². The molecule has 0 amide bonds. The van der Waals surface area contributed by atoms with Crippen molar-refractivity contribution in [1.82, 2.24) is 4.98 Å². The molecule has 0 atom stereocenters. The Kier molecular flexibility index (Phi) is 3.78. The zero-order valence-electron chi connectivity index (χ0n) is 8.50. The van der Waals surface area contributed by atoms with Gasteiger partial charge in [-0.2, -0.15) is 0 Å². The van der Waals surface area contributed by atoms with E-state index in [1.165, 1.54) is 15.4 Å². The molecule has 2 rings (SSSR count). The number of hydrogen-bond acceptors (Lipinski definition) is 3. The van der Waals surface area contributed by atoms with Crippen molar-refractivity contribution >= 4 is 34.3 Å². The molecule has 0 radical (unpaired) electrons. The minimum Gasteiger partial charge on any atom is -0.247 e. The fourth-order valence-corrected chi connectivity index (χ4v) is 3.17. The minimum absolute atomic E-state index is 0.625. The molecule has 0 unspecified atom stereocenters. The van der Waals surface area contributed by atoms with Gasteiger partial charge in [0.25, 0.3) is 0 Å². The summed E-state index contributed by atoms with van der Waals surface area (Å²) in [5.41, 5.74) is 1.21. The average molecular weight is 258 g/mol. The van der Waals surface area contributed by atoms with Crippen LogP contribution < -0.4 is 0 Å². The van der Waals surface area contributed by atoms with E-state index in [2.05, 4.69) is 22.5 Å². The van der Waals surface area contributed by atoms with Gasteiger partial charge in [-0.1, -0.05) is 0 Å². The summed E-state index contributed by atoms with van der Waals surface area (Å²) >= 11 is 9.28. The maximum absolute atomic E-state index is 5.76. The highest BCUT2D eigenvalue weighted by molar-refractivity contribution is 7.12. The molecule has 2 aromatic heterocycles. The lowest BCUT2D eigenvalue weighted by molar-refractivity contribution is 0.935. The summed E-state index contributed by atoms with van der Waals surface area (Å²) in [6, 6.07) is 4.28. The lowest BCUT2D eigenvalue weighted by atomic mass is 10.2. The molecule has 2 aromatic rings. The summed E-state index contributed by atoms with van der Waals surface area (Å²) in [6.45, 7) is 2.05. The summed E-state index contributed by atoms with van der Waals surface area (Å²) in [5.74, 6) is 0.625. The van der Waals surface area contributed by atoms with Gasteiger partial charge in [-0.15, -0.1) is 34.3 Å². The van der Waals surface area contributed by atoms with Crippen molar-refractivity contribution in [2.24, 2.45) is 0 Å². The highest BCUT2D eigenvalue weighted by Crippen LogP contribution is 2.20. The van der Waals surface area contributed by atoms with Crippen LogP contribution >= 0.6 is 34.3 Å². The fraction of sp³-hybridized carbons (Fsp3) is 0.364. The molecule has 15 heavy (non-hydrogen) atoms. The van der Waals surface area contributed by atoms with Crippen LogP contribution in [0.25, 0.3) is 0 Å². The molecule has 0 aliphatic carbocycles. The molecule has 1 nitrogen and oxygen atoms in total. The van der Waals surface area contributed by atoms with Crippen molar-refractivity contribution in [1.29, 1.82) is 0 Å². The van der Waals surface area contributed by atoms with Crippen LogP contribution in [0.2, 0.25) is 0 Å². The quantitative estimate of drug-likeness (QED) is 0.754. The van der Waals surface area contributed by atoms with Crippen molar-refractivity contribution in [2.45, 2.75) is 25.6 Å². The fourth-order valence-electron chi connectivity index (χ4n) is 1.40. The highest BCUT2D eigenvalue weighted by Gasteiger charge is 2.02. The zero-order chi connectivity index (χ0) is 10.7. The van der Waals surface area contributed by atoms with Crippen LogP contribution in [0.4, 0.5) is 0 Å². The third-order valence-electron chi connectivity index (χ3n) is 2.14. The molecule has 0 fully saturated rings. The number of aromatic nitrogens is 1. The van der Waals surface area contributed by atoms with Crippen molar-refractivity contribution < 1.29 is 0 Å². The van der Waals surface area contributed by atoms with Crippen molar-refractivity contribution in [3.8, 4) is 0 Å². The van der Waals surface area contributed by atoms with Gasteiger partial charge in [-0.25, -0.2) is 4.98 Å². The Morgan fingerprint density at radius 3 is 2.67 bits per heavy atom. The van der Waals surface area contributed by atoms with Crippen LogP contribution in [0, 0.1) is 6.92 Å². The lowest BCUT2D eigenvalue weighted by Crippen LogP contribution is -1.88. The summed E-state index contributed by atoms with van der Waals surface area (Å²) in [7, 11) is 0. The first-order chi connectivity index (χ1) is 7.28. The van der Waals surface area contributed by atoms with Crippen molar-refractivity contribution in [3.63, 3.8) is 0 Å². The summed E-state index contributed by atoms with van der Waals surface area (Å²) in [6.07, 6.45) is 2.11.